The van der Waals surface area contributed by atoms with Crippen molar-refractivity contribution in [3.05, 3.63) is 54.1 Å². The lowest BCUT2D eigenvalue weighted by Crippen LogP contribution is -2.40. The number of carbonyl (C=O) groups excluding carboxylic acids is 1. The Morgan fingerprint density at radius 2 is 1.73 bits per heavy atom. The molecule has 0 aliphatic carbocycles. The van der Waals surface area contributed by atoms with Crippen molar-refractivity contribution in [2.45, 2.75) is 17.9 Å². The highest BCUT2D eigenvalue weighted by Crippen LogP contribution is 2.25. The van der Waals surface area contributed by atoms with Gasteiger partial charge in [0.25, 0.3) is 5.91 Å². The molecule has 0 bridgehead atoms. The molecule has 162 valence electrons. The molecular weight excluding hydrogens is 408 g/mol. The van der Waals surface area contributed by atoms with Gasteiger partial charge >= 0.3 is 0 Å². The predicted molar refractivity (Wildman–Crippen MR) is 111 cm³/mol. The number of para-hydroxylation sites is 2. The minimum atomic E-state index is -3.58. The molecule has 9 heteroatoms. The highest BCUT2D eigenvalue weighted by atomic mass is 32.2. The fourth-order valence-electron chi connectivity index (χ4n) is 3.02. The van der Waals surface area contributed by atoms with Crippen LogP contribution >= 0.6 is 0 Å². The van der Waals surface area contributed by atoms with E-state index in [9.17, 15) is 13.2 Å². The van der Waals surface area contributed by atoms with Gasteiger partial charge in [-0.15, -0.1) is 0 Å². The number of nitrogens with zero attached hydrogens (tertiary/aromatic N) is 1. The number of sulfonamides is 1. The minimum Gasteiger partial charge on any atom is -0.493 e. The van der Waals surface area contributed by atoms with Gasteiger partial charge in [0.15, 0.2) is 11.5 Å². The minimum absolute atomic E-state index is 0.161. The van der Waals surface area contributed by atoms with Crippen LogP contribution < -0.4 is 14.8 Å². The molecule has 8 nitrogen and oxygen atoms in total. The standard InChI is InChI=1S/C21H26N2O6S/c1-16(15-29-20-6-4-3-5-19(20)27-2)22-21(24)17-7-9-18(10-8-17)30(25,26)23-11-13-28-14-12-23/h3-10,16H,11-15H2,1-2H3,(H,22,24)/t16-/m0/s1. The molecule has 1 atom stereocenters. The first kappa shape index (κ1) is 22.1. The summed E-state index contributed by atoms with van der Waals surface area (Å²) < 4.78 is 42.9. The van der Waals surface area contributed by atoms with Gasteiger partial charge in [0, 0.05) is 18.7 Å². The quantitative estimate of drug-likeness (QED) is 0.682. The smallest absolute Gasteiger partial charge is 0.251 e. The Balaban J connectivity index is 1.57. The van der Waals surface area contributed by atoms with Crippen LogP contribution in [0, 0.1) is 0 Å². The Labute approximate surface area is 176 Å². The van der Waals surface area contributed by atoms with E-state index in [0.717, 1.165) is 0 Å². The number of amides is 1. The average molecular weight is 435 g/mol. The first-order chi connectivity index (χ1) is 14.4. The van der Waals surface area contributed by atoms with Crippen LogP contribution in [0.15, 0.2) is 53.4 Å². The second-order valence-electron chi connectivity index (χ2n) is 6.88. The molecule has 0 radical (unpaired) electrons. The van der Waals surface area contributed by atoms with Gasteiger partial charge in [-0.25, -0.2) is 8.42 Å². The zero-order valence-electron chi connectivity index (χ0n) is 17.0. The van der Waals surface area contributed by atoms with Crippen LogP contribution in [0.4, 0.5) is 0 Å². The highest BCUT2D eigenvalue weighted by Gasteiger charge is 2.26. The predicted octanol–water partition coefficient (Wildman–Crippen LogP) is 1.91. The zero-order valence-corrected chi connectivity index (χ0v) is 17.9. The molecule has 1 aliphatic rings. The molecule has 1 fully saturated rings. The number of benzene rings is 2. The largest absolute Gasteiger partial charge is 0.493 e. The van der Waals surface area contributed by atoms with Crippen LogP contribution in [0.5, 0.6) is 11.5 Å². The molecular formula is C21H26N2O6S. The lowest BCUT2D eigenvalue weighted by Gasteiger charge is -2.26. The molecule has 30 heavy (non-hydrogen) atoms. The van der Waals surface area contributed by atoms with E-state index in [2.05, 4.69) is 5.32 Å². The van der Waals surface area contributed by atoms with Gasteiger partial charge in [-0.2, -0.15) is 4.31 Å². The van der Waals surface area contributed by atoms with Crippen molar-refractivity contribution in [3.8, 4) is 11.5 Å². The number of carbonyl (C=O) groups is 1. The molecule has 3 rings (SSSR count). The van der Waals surface area contributed by atoms with Crippen LogP contribution in [0.3, 0.4) is 0 Å². The monoisotopic (exact) mass is 434 g/mol. The van der Waals surface area contributed by atoms with E-state index in [1.54, 1.807) is 19.2 Å². The summed E-state index contributed by atoms with van der Waals surface area (Å²) >= 11 is 0. The van der Waals surface area contributed by atoms with Crippen LogP contribution in [0.2, 0.25) is 0 Å². The molecule has 1 aliphatic heterocycles. The third-order valence-corrected chi connectivity index (χ3v) is 6.57. The maximum Gasteiger partial charge on any atom is 0.251 e. The summed E-state index contributed by atoms with van der Waals surface area (Å²) in [4.78, 5) is 12.6. The Morgan fingerprint density at radius 3 is 2.37 bits per heavy atom. The second kappa shape index (κ2) is 9.92. The topological polar surface area (TPSA) is 94.2 Å². The first-order valence-corrected chi connectivity index (χ1v) is 11.1. The molecule has 1 N–H and O–H groups in total. The summed E-state index contributed by atoms with van der Waals surface area (Å²) in [6.07, 6.45) is 0. The van der Waals surface area contributed by atoms with Crippen molar-refractivity contribution in [1.82, 2.24) is 9.62 Å². The van der Waals surface area contributed by atoms with E-state index in [1.165, 1.54) is 28.6 Å². The first-order valence-electron chi connectivity index (χ1n) is 9.66. The Morgan fingerprint density at radius 1 is 1.10 bits per heavy atom. The van der Waals surface area contributed by atoms with E-state index >= 15 is 0 Å². The van der Waals surface area contributed by atoms with Crippen LogP contribution in [0.25, 0.3) is 0 Å². The second-order valence-corrected chi connectivity index (χ2v) is 8.82. The van der Waals surface area contributed by atoms with Gasteiger partial charge in [-0.1, -0.05) is 12.1 Å². The lowest BCUT2D eigenvalue weighted by molar-refractivity contribution is 0.0730. The molecule has 2 aromatic rings. The van der Waals surface area contributed by atoms with Crippen LogP contribution in [-0.2, 0) is 14.8 Å². The van der Waals surface area contributed by atoms with Gasteiger partial charge in [0.1, 0.15) is 6.61 Å². The van der Waals surface area contributed by atoms with E-state index in [1.807, 2.05) is 19.1 Å². The van der Waals surface area contributed by atoms with Gasteiger partial charge in [-0.05, 0) is 43.3 Å². The van der Waals surface area contributed by atoms with E-state index < -0.39 is 10.0 Å². The lowest BCUT2D eigenvalue weighted by atomic mass is 10.2. The highest BCUT2D eigenvalue weighted by molar-refractivity contribution is 7.89. The SMILES string of the molecule is COc1ccccc1OC[C@H](C)NC(=O)c1ccc(S(=O)(=O)N2CCOCC2)cc1. The molecule has 0 saturated carbocycles. The maximum absolute atomic E-state index is 12.7. The summed E-state index contributed by atoms with van der Waals surface area (Å²) in [6, 6.07) is 12.9. The van der Waals surface area contributed by atoms with Gasteiger partial charge in [-0.3, -0.25) is 4.79 Å². The van der Waals surface area contributed by atoms with Crippen molar-refractivity contribution in [2.24, 2.45) is 0 Å². The summed E-state index contributed by atoms with van der Waals surface area (Å²) in [7, 11) is -2.02. The van der Waals surface area contributed by atoms with Gasteiger partial charge < -0.3 is 19.5 Å². The van der Waals surface area contributed by atoms with Crippen molar-refractivity contribution in [2.75, 3.05) is 40.0 Å². The number of hydrogen-bond acceptors (Lipinski definition) is 6. The molecule has 1 saturated heterocycles. The Hall–Kier alpha value is -2.62. The number of morpholine rings is 1. The van der Waals surface area contributed by atoms with Crippen molar-refractivity contribution in [1.29, 1.82) is 0 Å². The van der Waals surface area contributed by atoms with Crippen LogP contribution in [0.1, 0.15) is 17.3 Å². The van der Waals surface area contributed by atoms with Crippen molar-refractivity contribution in [3.63, 3.8) is 0 Å². The summed E-state index contributed by atoms with van der Waals surface area (Å²) in [5, 5.41) is 2.84. The van der Waals surface area contributed by atoms with Crippen molar-refractivity contribution < 1.29 is 27.4 Å². The van der Waals surface area contributed by atoms with E-state index in [4.69, 9.17) is 14.2 Å². The number of nitrogens with one attached hydrogen (secondary N) is 1. The fourth-order valence-corrected chi connectivity index (χ4v) is 4.42. The maximum atomic E-state index is 12.7. The Bertz CT molecular complexity index is 956. The zero-order chi connectivity index (χ0) is 21.6. The number of hydrogen-bond donors (Lipinski definition) is 1. The number of ether oxygens (including phenoxy) is 3. The van der Waals surface area contributed by atoms with Crippen LogP contribution in [-0.4, -0.2) is 64.7 Å². The summed E-state index contributed by atoms with van der Waals surface area (Å²) in [6.45, 7) is 3.51. The van der Waals surface area contributed by atoms with E-state index in [0.29, 0.717) is 43.4 Å². The fraction of sp³-hybridized carbons (Fsp3) is 0.381. The average Bonchev–Trinajstić information content (AvgIpc) is 2.78. The van der Waals surface area contributed by atoms with Gasteiger partial charge in [0.2, 0.25) is 10.0 Å². The summed E-state index contributed by atoms with van der Waals surface area (Å²) in [5.41, 5.74) is 0.375. The molecule has 0 aromatic heterocycles. The van der Waals surface area contributed by atoms with Gasteiger partial charge in [0.05, 0.1) is 31.3 Å². The third-order valence-electron chi connectivity index (χ3n) is 4.66. The molecule has 1 heterocycles. The van der Waals surface area contributed by atoms with E-state index in [-0.39, 0.29) is 23.5 Å². The number of methoxy groups -OCH3 is 1. The number of rotatable bonds is 8. The molecule has 0 unspecified atom stereocenters. The molecule has 2 aromatic carbocycles. The van der Waals surface area contributed by atoms with Crippen molar-refractivity contribution >= 4 is 15.9 Å². The third kappa shape index (κ3) is 5.29. The normalized spacial score (nSPS) is 15.9. The Kier molecular flexibility index (Phi) is 7.30. The molecule has 0 spiro atoms. The molecule has 1 amide bonds. The summed E-state index contributed by atoms with van der Waals surface area (Å²) in [5.74, 6) is 0.910.